The van der Waals surface area contributed by atoms with Gasteiger partial charge in [0.25, 0.3) is 0 Å². The van der Waals surface area contributed by atoms with Crippen LogP contribution in [0.5, 0.6) is 0 Å². The molecule has 0 rings (SSSR count). The molecule has 0 saturated heterocycles. The van der Waals surface area contributed by atoms with E-state index in [1.54, 1.807) is 13.8 Å². The van der Waals surface area contributed by atoms with E-state index in [4.69, 9.17) is 5.73 Å². The lowest BCUT2D eigenvalue weighted by molar-refractivity contribution is -0.139. The fourth-order valence-corrected chi connectivity index (χ4v) is 0.578. The molecule has 0 bridgehead atoms. The molecule has 0 aliphatic rings. The van der Waals surface area contributed by atoms with Crippen LogP contribution >= 0.6 is 0 Å². The lowest BCUT2D eigenvalue weighted by Gasteiger charge is -2.31. The van der Waals surface area contributed by atoms with Crippen LogP contribution in [0, 0.1) is 0 Å². The first-order chi connectivity index (χ1) is 5.34. The summed E-state index contributed by atoms with van der Waals surface area (Å²) < 4.78 is 0. The van der Waals surface area contributed by atoms with Crippen LogP contribution in [-0.4, -0.2) is 29.3 Å². The number of carbonyl (C=O) groups is 2. The van der Waals surface area contributed by atoms with Gasteiger partial charge in [-0.05, 0) is 19.9 Å². The van der Waals surface area contributed by atoms with Gasteiger partial charge in [-0.25, -0.2) is 0 Å². The van der Waals surface area contributed by atoms with Crippen molar-refractivity contribution < 1.29 is 9.59 Å². The van der Waals surface area contributed by atoms with Gasteiger partial charge < -0.3 is 10.6 Å². The molecule has 4 heteroatoms. The van der Waals surface area contributed by atoms with E-state index in [2.05, 4.69) is 6.58 Å². The summed E-state index contributed by atoms with van der Waals surface area (Å²) in [6.45, 7) is 6.47. The van der Waals surface area contributed by atoms with Gasteiger partial charge in [0.2, 0.25) is 11.8 Å². The molecule has 4 nitrogen and oxygen atoms in total. The zero-order chi connectivity index (χ0) is 9.94. The van der Waals surface area contributed by atoms with Gasteiger partial charge in [0.05, 0.1) is 0 Å². The van der Waals surface area contributed by atoms with E-state index in [0.717, 1.165) is 6.08 Å². The van der Waals surface area contributed by atoms with Gasteiger partial charge in [-0.3, -0.25) is 9.59 Å². The lowest BCUT2D eigenvalue weighted by atomic mass is 10.0. The number of likely N-dealkylation sites (N-methyl/N-ethyl adjacent to an activating group) is 1. The summed E-state index contributed by atoms with van der Waals surface area (Å²) in [5.41, 5.74) is 4.13. The highest BCUT2D eigenvalue weighted by Crippen LogP contribution is 2.11. The predicted octanol–water partition coefficient (Wildman–Crippen LogP) is -0.105. The summed E-state index contributed by atoms with van der Waals surface area (Å²) in [6, 6.07) is 0. The first kappa shape index (κ1) is 10.7. The molecule has 0 aromatic rings. The minimum atomic E-state index is -0.967. The number of rotatable bonds is 3. The van der Waals surface area contributed by atoms with Crippen molar-refractivity contribution in [1.82, 2.24) is 4.90 Å². The van der Waals surface area contributed by atoms with Crippen molar-refractivity contribution in [2.24, 2.45) is 5.73 Å². The first-order valence-corrected chi connectivity index (χ1v) is 3.54. The minimum absolute atomic E-state index is 0.321. The second kappa shape index (κ2) is 3.38. The Morgan fingerprint density at radius 3 is 2.17 bits per heavy atom. The van der Waals surface area contributed by atoms with Crippen LogP contribution in [0.3, 0.4) is 0 Å². The highest BCUT2D eigenvalue weighted by molar-refractivity contribution is 5.93. The van der Waals surface area contributed by atoms with Gasteiger partial charge >= 0.3 is 0 Å². The molecule has 2 N–H and O–H groups in total. The summed E-state index contributed by atoms with van der Waals surface area (Å²) in [4.78, 5) is 23.2. The summed E-state index contributed by atoms with van der Waals surface area (Å²) in [5, 5.41) is 0. The second-order valence-electron chi connectivity index (χ2n) is 3.02. The number of nitrogens with two attached hydrogens (primary N) is 1. The molecule has 0 spiro atoms. The molecule has 0 fully saturated rings. The lowest BCUT2D eigenvalue weighted by Crippen LogP contribution is -2.53. The monoisotopic (exact) mass is 170 g/mol. The van der Waals surface area contributed by atoms with E-state index in [1.807, 2.05) is 0 Å². The molecule has 0 radical (unpaired) electrons. The standard InChI is InChI=1S/C8H14N2O2/c1-5-6(11)10(4)8(2,3)7(9)12/h5H,1H2,2-4H3,(H2,9,12). The van der Waals surface area contributed by atoms with Crippen molar-refractivity contribution in [2.45, 2.75) is 19.4 Å². The average Bonchev–Trinajstić information content (AvgIpc) is 2.01. The summed E-state index contributed by atoms with van der Waals surface area (Å²) in [5.74, 6) is -0.862. The Bertz CT molecular complexity index is 221. The van der Waals surface area contributed by atoms with E-state index in [1.165, 1.54) is 11.9 Å². The number of nitrogens with zero attached hydrogens (tertiary/aromatic N) is 1. The maximum Gasteiger partial charge on any atom is 0.246 e. The third-order valence-electron chi connectivity index (χ3n) is 1.95. The normalized spacial score (nSPS) is 10.6. The van der Waals surface area contributed by atoms with Crippen molar-refractivity contribution in [1.29, 1.82) is 0 Å². The number of hydrogen-bond donors (Lipinski definition) is 1. The van der Waals surface area contributed by atoms with Crippen molar-refractivity contribution in [2.75, 3.05) is 7.05 Å². The Balaban J connectivity index is 4.67. The van der Waals surface area contributed by atoms with Gasteiger partial charge in [0.15, 0.2) is 0 Å². The second-order valence-corrected chi connectivity index (χ2v) is 3.02. The third-order valence-corrected chi connectivity index (χ3v) is 1.95. The largest absolute Gasteiger partial charge is 0.368 e. The van der Waals surface area contributed by atoms with Crippen LogP contribution in [-0.2, 0) is 9.59 Å². The fraction of sp³-hybridized carbons (Fsp3) is 0.500. The van der Waals surface area contributed by atoms with Crippen molar-refractivity contribution in [3.63, 3.8) is 0 Å². The third kappa shape index (κ3) is 1.84. The summed E-state index contributed by atoms with van der Waals surface area (Å²) >= 11 is 0. The van der Waals surface area contributed by atoms with E-state index in [9.17, 15) is 9.59 Å². The molecule has 0 aromatic heterocycles. The highest BCUT2D eigenvalue weighted by Gasteiger charge is 2.31. The van der Waals surface area contributed by atoms with Crippen molar-refractivity contribution in [3.8, 4) is 0 Å². The van der Waals surface area contributed by atoms with Gasteiger partial charge in [-0.15, -0.1) is 0 Å². The van der Waals surface area contributed by atoms with Gasteiger partial charge in [-0.2, -0.15) is 0 Å². The number of carbonyl (C=O) groups excluding carboxylic acids is 2. The predicted molar refractivity (Wildman–Crippen MR) is 46.2 cm³/mol. The summed E-state index contributed by atoms with van der Waals surface area (Å²) in [6.07, 6.45) is 1.14. The molecular formula is C8H14N2O2. The van der Waals surface area contributed by atoms with Crippen LogP contribution in [0.15, 0.2) is 12.7 Å². The Kier molecular flexibility index (Phi) is 3.01. The maximum atomic E-state index is 11.1. The molecule has 0 unspecified atom stereocenters. The zero-order valence-corrected chi connectivity index (χ0v) is 7.63. The molecule has 0 aliphatic carbocycles. The molecule has 0 aromatic carbocycles. The van der Waals surface area contributed by atoms with E-state index in [0.29, 0.717) is 0 Å². The van der Waals surface area contributed by atoms with E-state index in [-0.39, 0.29) is 5.91 Å². The zero-order valence-electron chi connectivity index (χ0n) is 7.63. The Morgan fingerprint density at radius 1 is 1.50 bits per heavy atom. The van der Waals surface area contributed by atoms with Gasteiger partial charge in [0.1, 0.15) is 5.54 Å². The van der Waals surface area contributed by atoms with E-state index >= 15 is 0 Å². The molecule has 12 heavy (non-hydrogen) atoms. The summed E-state index contributed by atoms with van der Waals surface area (Å²) in [7, 11) is 1.51. The molecule has 0 heterocycles. The molecule has 68 valence electrons. The molecule has 2 amide bonds. The Morgan fingerprint density at radius 2 is 1.92 bits per heavy atom. The highest BCUT2D eigenvalue weighted by atomic mass is 16.2. The van der Waals surface area contributed by atoms with Crippen molar-refractivity contribution in [3.05, 3.63) is 12.7 Å². The minimum Gasteiger partial charge on any atom is -0.368 e. The quantitative estimate of drug-likeness (QED) is 0.601. The maximum absolute atomic E-state index is 11.1. The molecular weight excluding hydrogens is 156 g/mol. The number of amides is 2. The van der Waals surface area contributed by atoms with Gasteiger partial charge in [0, 0.05) is 7.05 Å². The smallest absolute Gasteiger partial charge is 0.246 e. The van der Waals surface area contributed by atoms with Crippen LogP contribution in [0.1, 0.15) is 13.8 Å². The van der Waals surface area contributed by atoms with Crippen LogP contribution in [0.25, 0.3) is 0 Å². The van der Waals surface area contributed by atoms with Crippen LogP contribution in [0.4, 0.5) is 0 Å². The van der Waals surface area contributed by atoms with Crippen molar-refractivity contribution >= 4 is 11.8 Å². The SMILES string of the molecule is C=CC(=O)N(C)C(C)(C)C(N)=O. The Hall–Kier alpha value is -1.32. The Labute approximate surface area is 72.0 Å². The van der Waals surface area contributed by atoms with Crippen LogP contribution in [0.2, 0.25) is 0 Å². The number of hydrogen-bond acceptors (Lipinski definition) is 2. The topological polar surface area (TPSA) is 63.4 Å². The molecule has 0 aliphatic heterocycles. The van der Waals surface area contributed by atoms with E-state index < -0.39 is 11.4 Å². The van der Waals surface area contributed by atoms with Crippen LogP contribution < -0.4 is 5.73 Å². The molecule has 0 saturated carbocycles. The average molecular weight is 170 g/mol. The number of primary amides is 1. The first-order valence-electron chi connectivity index (χ1n) is 3.54. The molecule has 0 atom stereocenters. The fourth-order valence-electron chi connectivity index (χ4n) is 0.578. The van der Waals surface area contributed by atoms with Gasteiger partial charge in [-0.1, -0.05) is 6.58 Å².